The number of esters is 1. The summed E-state index contributed by atoms with van der Waals surface area (Å²) in [6.07, 6.45) is 0.844. The van der Waals surface area contributed by atoms with E-state index in [1.807, 2.05) is 13.8 Å². The summed E-state index contributed by atoms with van der Waals surface area (Å²) in [6, 6.07) is -0.170. The Kier molecular flexibility index (Phi) is 9.00. The summed E-state index contributed by atoms with van der Waals surface area (Å²) >= 11 is 0. The van der Waals surface area contributed by atoms with E-state index in [1.54, 1.807) is 18.9 Å². The average Bonchev–Trinajstić information content (AvgIpc) is 2.36. The minimum Gasteiger partial charge on any atom is -0.465 e. The van der Waals surface area contributed by atoms with E-state index in [2.05, 4.69) is 5.32 Å². The number of amides is 2. The Labute approximate surface area is 109 Å². The van der Waals surface area contributed by atoms with Crippen LogP contribution in [0.1, 0.15) is 27.2 Å². The van der Waals surface area contributed by atoms with E-state index in [9.17, 15) is 9.59 Å². The van der Waals surface area contributed by atoms with Crippen LogP contribution in [0.25, 0.3) is 0 Å². The zero-order valence-electron chi connectivity index (χ0n) is 11.7. The highest BCUT2D eigenvalue weighted by molar-refractivity contribution is 5.81. The SMILES string of the molecule is CCOC(=O)CNC(=O)N(CCOC)C(C)CC. The monoisotopic (exact) mass is 260 g/mol. The van der Waals surface area contributed by atoms with E-state index < -0.39 is 5.97 Å². The normalized spacial score (nSPS) is 11.8. The topological polar surface area (TPSA) is 67.9 Å². The number of ether oxygens (including phenoxy) is 2. The summed E-state index contributed by atoms with van der Waals surface area (Å²) in [5.41, 5.74) is 0. The molecule has 2 amide bonds. The first-order chi connectivity index (χ1) is 8.56. The van der Waals surface area contributed by atoms with Crippen molar-refractivity contribution in [1.29, 1.82) is 0 Å². The Balaban J connectivity index is 4.24. The van der Waals surface area contributed by atoms with Gasteiger partial charge in [0.1, 0.15) is 6.54 Å². The third-order valence-electron chi connectivity index (χ3n) is 2.61. The fraction of sp³-hybridized carbons (Fsp3) is 0.833. The Morgan fingerprint density at radius 3 is 2.50 bits per heavy atom. The van der Waals surface area contributed by atoms with E-state index in [0.29, 0.717) is 19.8 Å². The molecule has 0 radical (unpaired) electrons. The number of hydrogen-bond acceptors (Lipinski definition) is 4. The smallest absolute Gasteiger partial charge is 0.325 e. The Morgan fingerprint density at radius 2 is 2.00 bits per heavy atom. The van der Waals surface area contributed by atoms with Gasteiger partial charge in [0.2, 0.25) is 0 Å². The maximum atomic E-state index is 11.9. The molecule has 0 spiro atoms. The van der Waals surface area contributed by atoms with Crippen LogP contribution in [-0.4, -0.2) is 56.4 Å². The summed E-state index contributed by atoms with van der Waals surface area (Å²) < 4.78 is 9.71. The fourth-order valence-electron chi connectivity index (χ4n) is 1.39. The second-order valence-electron chi connectivity index (χ2n) is 3.91. The predicted molar refractivity (Wildman–Crippen MR) is 68.4 cm³/mol. The molecule has 1 atom stereocenters. The Hall–Kier alpha value is -1.30. The lowest BCUT2D eigenvalue weighted by Crippen LogP contribution is -2.47. The van der Waals surface area contributed by atoms with Gasteiger partial charge in [-0.15, -0.1) is 0 Å². The largest absolute Gasteiger partial charge is 0.465 e. The molecular weight excluding hydrogens is 236 g/mol. The van der Waals surface area contributed by atoms with Crippen LogP contribution in [0.3, 0.4) is 0 Å². The van der Waals surface area contributed by atoms with Gasteiger partial charge in [0.15, 0.2) is 0 Å². The number of nitrogens with zero attached hydrogens (tertiary/aromatic N) is 1. The summed E-state index contributed by atoms with van der Waals surface area (Å²) in [5, 5.41) is 2.55. The van der Waals surface area contributed by atoms with Gasteiger partial charge in [-0.3, -0.25) is 4.79 Å². The molecule has 0 rings (SSSR count). The number of carbonyl (C=O) groups is 2. The zero-order valence-corrected chi connectivity index (χ0v) is 11.7. The van der Waals surface area contributed by atoms with Crippen LogP contribution in [0, 0.1) is 0 Å². The van der Waals surface area contributed by atoms with Crippen molar-refractivity contribution in [2.75, 3.05) is 33.4 Å². The molecule has 0 aromatic rings. The van der Waals surface area contributed by atoms with Crippen molar-refractivity contribution in [3.05, 3.63) is 0 Å². The molecule has 0 heterocycles. The third-order valence-corrected chi connectivity index (χ3v) is 2.61. The molecule has 6 heteroatoms. The fourth-order valence-corrected chi connectivity index (χ4v) is 1.39. The van der Waals surface area contributed by atoms with Crippen molar-refractivity contribution >= 4 is 12.0 Å². The van der Waals surface area contributed by atoms with Crippen LogP contribution in [0.4, 0.5) is 4.79 Å². The zero-order chi connectivity index (χ0) is 14.0. The van der Waals surface area contributed by atoms with E-state index >= 15 is 0 Å². The molecule has 1 N–H and O–H groups in total. The maximum Gasteiger partial charge on any atom is 0.325 e. The first-order valence-corrected chi connectivity index (χ1v) is 6.25. The second kappa shape index (κ2) is 9.70. The molecule has 18 heavy (non-hydrogen) atoms. The van der Waals surface area contributed by atoms with Gasteiger partial charge in [-0.05, 0) is 20.3 Å². The number of nitrogens with one attached hydrogen (secondary N) is 1. The maximum absolute atomic E-state index is 11.9. The van der Waals surface area contributed by atoms with E-state index in [1.165, 1.54) is 0 Å². The standard InChI is InChI=1S/C12H24N2O4/c1-5-10(3)14(7-8-17-4)12(16)13-9-11(15)18-6-2/h10H,5-9H2,1-4H3,(H,13,16). The first kappa shape index (κ1) is 16.7. The number of rotatable bonds is 8. The lowest BCUT2D eigenvalue weighted by Gasteiger charge is -2.28. The Morgan fingerprint density at radius 1 is 1.33 bits per heavy atom. The number of urea groups is 1. The van der Waals surface area contributed by atoms with Crippen LogP contribution < -0.4 is 5.32 Å². The van der Waals surface area contributed by atoms with E-state index in [4.69, 9.17) is 9.47 Å². The Bertz CT molecular complexity index is 258. The number of carbonyl (C=O) groups excluding carboxylic acids is 2. The van der Waals surface area contributed by atoms with Crippen molar-refractivity contribution in [2.45, 2.75) is 33.2 Å². The predicted octanol–water partition coefficient (Wildman–Crippen LogP) is 1.01. The summed E-state index contributed by atoms with van der Waals surface area (Å²) in [4.78, 5) is 24.7. The summed E-state index contributed by atoms with van der Waals surface area (Å²) in [5.74, 6) is -0.429. The highest BCUT2D eigenvalue weighted by atomic mass is 16.5. The minimum atomic E-state index is -0.429. The highest BCUT2D eigenvalue weighted by Crippen LogP contribution is 2.03. The molecule has 1 unspecified atom stereocenters. The van der Waals surface area contributed by atoms with Crippen molar-refractivity contribution in [3.63, 3.8) is 0 Å². The third kappa shape index (κ3) is 6.44. The molecule has 0 aliphatic heterocycles. The van der Waals surface area contributed by atoms with Gasteiger partial charge in [0.05, 0.1) is 13.2 Å². The van der Waals surface area contributed by atoms with Gasteiger partial charge in [-0.2, -0.15) is 0 Å². The van der Waals surface area contributed by atoms with Crippen molar-refractivity contribution in [1.82, 2.24) is 10.2 Å². The average molecular weight is 260 g/mol. The van der Waals surface area contributed by atoms with Gasteiger partial charge < -0.3 is 19.7 Å². The minimum absolute atomic E-state index is 0.0994. The van der Waals surface area contributed by atoms with Crippen LogP contribution >= 0.6 is 0 Å². The second-order valence-corrected chi connectivity index (χ2v) is 3.91. The molecule has 0 saturated heterocycles. The molecule has 0 aliphatic rings. The first-order valence-electron chi connectivity index (χ1n) is 6.25. The van der Waals surface area contributed by atoms with Crippen molar-refractivity contribution in [2.24, 2.45) is 0 Å². The molecule has 0 aromatic carbocycles. The van der Waals surface area contributed by atoms with Crippen LogP contribution in [0.15, 0.2) is 0 Å². The van der Waals surface area contributed by atoms with Gasteiger partial charge >= 0.3 is 12.0 Å². The highest BCUT2D eigenvalue weighted by Gasteiger charge is 2.19. The molecule has 106 valence electrons. The summed E-state index contributed by atoms with van der Waals surface area (Å²) in [7, 11) is 1.59. The van der Waals surface area contributed by atoms with Crippen molar-refractivity contribution in [3.8, 4) is 0 Å². The quantitative estimate of drug-likeness (QED) is 0.661. The van der Waals surface area contributed by atoms with Crippen molar-refractivity contribution < 1.29 is 19.1 Å². The van der Waals surface area contributed by atoms with Gasteiger partial charge in [-0.25, -0.2) is 4.79 Å². The van der Waals surface area contributed by atoms with Gasteiger partial charge in [0.25, 0.3) is 0 Å². The number of hydrogen-bond donors (Lipinski definition) is 1. The molecule has 0 bridgehead atoms. The van der Waals surface area contributed by atoms with E-state index in [-0.39, 0.29) is 18.6 Å². The molecule has 0 fully saturated rings. The molecule has 0 saturated carbocycles. The molecular formula is C12H24N2O4. The van der Waals surface area contributed by atoms with Crippen LogP contribution in [-0.2, 0) is 14.3 Å². The number of methoxy groups -OCH3 is 1. The lowest BCUT2D eigenvalue weighted by molar-refractivity contribution is -0.141. The molecule has 0 aliphatic carbocycles. The molecule has 6 nitrogen and oxygen atoms in total. The summed E-state index contributed by atoms with van der Waals surface area (Å²) in [6.45, 7) is 6.86. The van der Waals surface area contributed by atoms with Gasteiger partial charge in [0, 0.05) is 19.7 Å². The lowest BCUT2D eigenvalue weighted by atomic mass is 10.2. The van der Waals surface area contributed by atoms with Gasteiger partial charge in [-0.1, -0.05) is 6.92 Å². The van der Waals surface area contributed by atoms with Crippen LogP contribution in [0.5, 0.6) is 0 Å². The molecule has 0 aromatic heterocycles. The van der Waals surface area contributed by atoms with Crippen LogP contribution in [0.2, 0.25) is 0 Å². The van der Waals surface area contributed by atoms with E-state index in [0.717, 1.165) is 6.42 Å².